The van der Waals surface area contributed by atoms with Gasteiger partial charge in [-0.2, -0.15) is 0 Å². The number of carboxylic acids is 1. The SMILES string of the molecule is C=CCCC(=O)NC(CSC(c1ccccc1)(c1ccccc1)c1ccccc1)C(=O)O. The number of hydrogen-bond acceptors (Lipinski definition) is 3. The largest absolute Gasteiger partial charge is 0.480 e. The van der Waals surface area contributed by atoms with E-state index in [9.17, 15) is 14.7 Å². The monoisotopic (exact) mass is 445 g/mol. The van der Waals surface area contributed by atoms with E-state index < -0.39 is 16.8 Å². The average Bonchev–Trinajstić information content (AvgIpc) is 2.84. The maximum atomic E-state index is 12.2. The molecule has 0 aliphatic carbocycles. The number of carboxylic acid groups (broad SMARTS) is 1. The Morgan fingerprint density at radius 1 is 0.875 bits per heavy atom. The van der Waals surface area contributed by atoms with Crippen LogP contribution in [0.1, 0.15) is 29.5 Å². The first-order chi connectivity index (χ1) is 15.6. The summed E-state index contributed by atoms with van der Waals surface area (Å²) in [4.78, 5) is 24.2. The minimum Gasteiger partial charge on any atom is -0.480 e. The van der Waals surface area contributed by atoms with Crippen molar-refractivity contribution in [1.29, 1.82) is 0 Å². The first-order valence-corrected chi connectivity index (χ1v) is 11.5. The van der Waals surface area contributed by atoms with Gasteiger partial charge in [0.25, 0.3) is 0 Å². The van der Waals surface area contributed by atoms with Crippen molar-refractivity contribution in [3.05, 3.63) is 120 Å². The Kier molecular flexibility index (Phi) is 8.28. The molecule has 0 aromatic heterocycles. The summed E-state index contributed by atoms with van der Waals surface area (Å²) in [6.45, 7) is 3.62. The van der Waals surface area contributed by atoms with Gasteiger partial charge in [0.15, 0.2) is 0 Å². The summed E-state index contributed by atoms with van der Waals surface area (Å²) in [5.41, 5.74) is 3.14. The van der Waals surface area contributed by atoms with Crippen LogP contribution in [0.3, 0.4) is 0 Å². The molecule has 0 bridgehead atoms. The summed E-state index contributed by atoms with van der Waals surface area (Å²) < 4.78 is -0.636. The Morgan fingerprint density at radius 3 is 1.69 bits per heavy atom. The quantitative estimate of drug-likeness (QED) is 0.313. The van der Waals surface area contributed by atoms with Crippen molar-refractivity contribution in [2.24, 2.45) is 0 Å². The number of thioether (sulfide) groups is 1. The summed E-state index contributed by atoms with van der Waals surface area (Å²) in [5, 5.41) is 12.5. The molecule has 164 valence electrons. The molecule has 2 N–H and O–H groups in total. The number of rotatable bonds is 11. The van der Waals surface area contributed by atoms with Gasteiger partial charge in [-0.05, 0) is 23.1 Å². The van der Waals surface area contributed by atoms with E-state index in [4.69, 9.17) is 0 Å². The van der Waals surface area contributed by atoms with E-state index in [2.05, 4.69) is 48.3 Å². The van der Waals surface area contributed by atoms with Crippen LogP contribution in [-0.2, 0) is 14.3 Å². The van der Waals surface area contributed by atoms with Crippen LogP contribution in [0.5, 0.6) is 0 Å². The van der Waals surface area contributed by atoms with Crippen molar-refractivity contribution in [3.63, 3.8) is 0 Å². The molecular weight excluding hydrogens is 418 g/mol. The number of amides is 1. The number of allylic oxidation sites excluding steroid dienone is 1. The topological polar surface area (TPSA) is 66.4 Å². The van der Waals surface area contributed by atoms with Gasteiger partial charge in [-0.3, -0.25) is 4.79 Å². The molecule has 5 heteroatoms. The molecule has 3 aromatic rings. The normalized spacial score (nSPS) is 12.0. The highest BCUT2D eigenvalue weighted by molar-refractivity contribution is 8.00. The highest BCUT2D eigenvalue weighted by atomic mass is 32.2. The zero-order chi connectivity index (χ0) is 22.8. The molecule has 1 amide bonds. The van der Waals surface area contributed by atoms with Crippen LogP contribution in [0.2, 0.25) is 0 Å². The van der Waals surface area contributed by atoms with E-state index in [1.54, 1.807) is 6.08 Å². The molecule has 0 radical (unpaired) electrons. The summed E-state index contributed by atoms with van der Waals surface area (Å²) in [7, 11) is 0. The second kappa shape index (κ2) is 11.3. The minimum atomic E-state index is -1.05. The van der Waals surface area contributed by atoms with Crippen LogP contribution in [0.25, 0.3) is 0 Å². The number of benzene rings is 3. The van der Waals surface area contributed by atoms with Gasteiger partial charge in [0, 0.05) is 12.2 Å². The van der Waals surface area contributed by atoms with Crippen molar-refractivity contribution < 1.29 is 14.7 Å². The summed E-state index contributed by atoms with van der Waals surface area (Å²) in [5.74, 6) is -1.14. The number of carbonyl (C=O) groups excluding carboxylic acids is 1. The lowest BCUT2D eigenvalue weighted by molar-refractivity contribution is -0.141. The summed E-state index contributed by atoms with van der Waals surface area (Å²) in [6, 6.07) is 29.2. The highest BCUT2D eigenvalue weighted by Crippen LogP contribution is 2.48. The third kappa shape index (κ3) is 5.48. The van der Waals surface area contributed by atoms with Crippen LogP contribution in [-0.4, -0.2) is 28.8 Å². The molecule has 0 heterocycles. The Hall–Kier alpha value is -3.31. The Balaban J connectivity index is 2.03. The molecule has 1 atom stereocenters. The molecule has 32 heavy (non-hydrogen) atoms. The highest BCUT2D eigenvalue weighted by Gasteiger charge is 2.38. The van der Waals surface area contributed by atoms with Crippen molar-refractivity contribution in [2.75, 3.05) is 5.75 Å². The molecule has 3 rings (SSSR count). The fourth-order valence-corrected chi connectivity index (χ4v) is 5.20. The molecular formula is C27H27NO3S. The van der Waals surface area contributed by atoms with Gasteiger partial charge < -0.3 is 10.4 Å². The van der Waals surface area contributed by atoms with E-state index >= 15 is 0 Å². The molecule has 0 aliphatic rings. The lowest BCUT2D eigenvalue weighted by Gasteiger charge is -2.36. The van der Waals surface area contributed by atoms with Gasteiger partial charge in [0.2, 0.25) is 5.91 Å². The maximum absolute atomic E-state index is 12.2. The average molecular weight is 446 g/mol. The zero-order valence-electron chi connectivity index (χ0n) is 17.8. The molecule has 0 fully saturated rings. The summed E-state index contributed by atoms with van der Waals surface area (Å²) in [6.07, 6.45) is 2.38. The van der Waals surface area contributed by atoms with Gasteiger partial charge in [-0.1, -0.05) is 97.1 Å². The number of carbonyl (C=O) groups is 2. The lowest BCUT2D eigenvalue weighted by Crippen LogP contribution is -2.43. The third-order valence-electron chi connectivity index (χ3n) is 5.22. The first kappa shape index (κ1) is 23.4. The third-order valence-corrected chi connectivity index (χ3v) is 6.86. The van der Waals surface area contributed by atoms with Gasteiger partial charge in [0.05, 0.1) is 4.75 Å². The molecule has 0 spiro atoms. The molecule has 0 saturated heterocycles. The van der Waals surface area contributed by atoms with Crippen LogP contribution in [0, 0.1) is 0 Å². The lowest BCUT2D eigenvalue weighted by atomic mass is 9.84. The predicted octanol–water partition coefficient (Wildman–Crippen LogP) is 5.25. The van der Waals surface area contributed by atoms with E-state index in [1.165, 1.54) is 11.8 Å². The van der Waals surface area contributed by atoms with Crippen LogP contribution in [0.4, 0.5) is 0 Å². The Morgan fingerprint density at radius 2 is 1.31 bits per heavy atom. The van der Waals surface area contributed by atoms with Gasteiger partial charge >= 0.3 is 5.97 Å². The van der Waals surface area contributed by atoms with Gasteiger partial charge in [-0.15, -0.1) is 18.3 Å². The Labute approximate surface area is 193 Å². The van der Waals surface area contributed by atoms with Gasteiger partial charge in [0.1, 0.15) is 6.04 Å². The molecule has 3 aromatic carbocycles. The molecule has 0 saturated carbocycles. The van der Waals surface area contributed by atoms with Crippen molar-refractivity contribution in [1.82, 2.24) is 5.32 Å². The van der Waals surface area contributed by atoms with Crippen molar-refractivity contribution in [3.8, 4) is 0 Å². The first-order valence-electron chi connectivity index (χ1n) is 10.5. The minimum absolute atomic E-state index is 0.202. The fourth-order valence-electron chi connectivity index (χ4n) is 3.65. The number of nitrogens with one attached hydrogen (secondary N) is 1. The van der Waals surface area contributed by atoms with Crippen molar-refractivity contribution >= 4 is 23.6 Å². The predicted molar refractivity (Wildman–Crippen MR) is 131 cm³/mol. The van der Waals surface area contributed by atoms with E-state index in [0.717, 1.165) is 16.7 Å². The maximum Gasteiger partial charge on any atom is 0.327 e. The fraction of sp³-hybridized carbons (Fsp3) is 0.185. The van der Waals surface area contributed by atoms with Crippen LogP contribution < -0.4 is 5.32 Å². The molecule has 1 unspecified atom stereocenters. The van der Waals surface area contributed by atoms with E-state index in [0.29, 0.717) is 6.42 Å². The van der Waals surface area contributed by atoms with Crippen LogP contribution >= 0.6 is 11.8 Å². The second-order valence-corrected chi connectivity index (χ2v) is 8.61. The van der Waals surface area contributed by atoms with Gasteiger partial charge in [-0.25, -0.2) is 4.79 Å². The van der Waals surface area contributed by atoms with Crippen molar-refractivity contribution in [2.45, 2.75) is 23.6 Å². The van der Waals surface area contributed by atoms with E-state index in [-0.39, 0.29) is 18.1 Å². The number of aliphatic carboxylic acids is 1. The second-order valence-electron chi connectivity index (χ2n) is 7.38. The standard InChI is InChI=1S/C27H27NO3S/c1-2-3-19-25(29)28-24(26(30)31)20-32-27(21-13-7-4-8-14-21,22-15-9-5-10-16-22)23-17-11-6-12-18-23/h2,4-18,24H,1,3,19-20H2,(H,28,29)(H,30,31). The summed E-state index contributed by atoms with van der Waals surface area (Å²) >= 11 is 1.51. The Bertz CT molecular complexity index is 926. The molecule has 4 nitrogen and oxygen atoms in total. The van der Waals surface area contributed by atoms with E-state index in [1.807, 2.05) is 54.6 Å². The smallest absolute Gasteiger partial charge is 0.327 e. The number of hydrogen-bond donors (Lipinski definition) is 2. The van der Waals surface area contributed by atoms with Crippen LogP contribution in [0.15, 0.2) is 104 Å². The zero-order valence-corrected chi connectivity index (χ0v) is 18.6. The molecule has 0 aliphatic heterocycles.